The second-order valence-corrected chi connectivity index (χ2v) is 3.52. The third kappa shape index (κ3) is 3.70. The molecule has 4 radical (unpaired) electrons. The Morgan fingerprint density at radius 3 is 2.00 bits per heavy atom. The Bertz CT molecular complexity index is 356. The molecule has 1 aromatic carbocycles. The van der Waals surface area contributed by atoms with Crippen molar-refractivity contribution in [3.8, 4) is 11.5 Å². The van der Waals surface area contributed by atoms with Gasteiger partial charge in [-0.2, -0.15) is 0 Å². The summed E-state index contributed by atoms with van der Waals surface area (Å²) >= 11 is 0. The average molecular weight is 230 g/mol. The first-order chi connectivity index (χ1) is 8.26. The molecule has 0 atom stereocenters. The predicted octanol–water partition coefficient (Wildman–Crippen LogP) is 1.06. The molecule has 3 nitrogen and oxygen atoms in total. The zero-order chi connectivity index (χ0) is 12.7. The van der Waals surface area contributed by atoms with Crippen molar-refractivity contribution in [2.45, 2.75) is 12.6 Å². The van der Waals surface area contributed by atoms with E-state index in [9.17, 15) is 0 Å². The molecule has 0 fully saturated rings. The maximum Gasteiger partial charge on any atom is 0.161 e. The van der Waals surface area contributed by atoms with Crippen LogP contribution in [0.15, 0.2) is 12.1 Å². The van der Waals surface area contributed by atoms with Gasteiger partial charge in [-0.1, -0.05) is 23.8 Å². The first-order valence-electron chi connectivity index (χ1n) is 5.48. The van der Waals surface area contributed by atoms with Gasteiger partial charge in [-0.05, 0) is 12.1 Å². The molecule has 0 aliphatic heterocycles. The summed E-state index contributed by atoms with van der Waals surface area (Å²) in [6, 6.07) is 3.74. The van der Waals surface area contributed by atoms with Gasteiger partial charge >= 0.3 is 0 Å². The van der Waals surface area contributed by atoms with Crippen LogP contribution in [0, 0.1) is 0 Å². The topological polar surface area (TPSA) is 27.7 Å². The van der Waals surface area contributed by atoms with Gasteiger partial charge in [0, 0.05) is 7.11 Å². The van der Waals surface area contributed by atoms with E-state index in [2.05, 4.69) is 0 Å². The van der Waals surface area contributed by atoms with Crippen LogP contribution < -0.4 is 9.47 Å². The van der Waals surface area contributed by atoms with E-state index in [-0.39, 0.29) is 0 Å². The van der Waals surface area contributed by atoms with Crippen LogP contribution in [-0.4, -0.2) is 43.1 Å². The van der Waals surface area contributed by atoms with Crippen molar-refractivity contribution in [2.75, 3.05) is 27.4 Å². The highest BCUT2D eigenvalue weighted by molar-refractivity contribution is 6.10. The fourth-order valence-corrected chi connectivity index (χ4v) is 1.53. The van der Waals surface area contributed by atoms with Crippen molar-refractivity contribution < 1.29 is 14.2 Å². The molecule has 0 spiro atoms. The molecule has 5 heteroatoms. The summed E-state index contributed by atoms with van der Waals surface area (Å²) in [6.07, 6.45) is 0.860. The molecule has 1 rings (SSSR count). The lowest BCUT2D eigenvalue weighted by Gasteiger charge is -2.15. The molecule has 0 unspecified atom stereocenters. The van der Waals surface area contributed by atoms with Crippen LogP contribution in [0.3, 0.4) is 0 Å². The van der Waals surface area contributed by atoms with Crippen molar-refractivity contribution in [3.63, 3.8) is 0 Å². The largest absolute Gasteiger partial charge is 0.493 e. The number of hydrogen-bond acceptors (Lipinski definition) is 3. The summed E-state index contributed by atoms with van der Waals surface area (Å²) in [5.41, 5.74) is 1.95. The molecule has 0 aromatic heterocycles. The lowest BCUT2D eigenvalue weighted by Crippen LogP contribution is -2.06. The number of rotatable bonds is 7. The highest BCUT2D eigenvalue weighted by Crippen LogP contribution is 2.31. The summed E-state index contributed by atoms with van der Waals surface area (Å²) < 4.78 is 15.7. The lowest BCUT2D eigenvalue weighted by molar-refractivity contribution is 0.144. The Kier molecular flexibility index (Phi) is 5.98. The average Bonchev–Trinajstić information content (AvgIpc) is 2.38. The van der Waals surface area contributed by atoms with E-state index in [0.29, 0.717) is 37.4 Å². The SMILES string of the molecule is [B]Cc1cc(OC)c(OCCOC)cc1C[B]. The lowest BCUT2D eigenvalue weighted by atomic mass is 9.86. The second kappa shape index (κ2) is 7.28. The first kappa shape index (κ1) is 14.0. The molecule has 1 aromatic rings. The van der Waals surface area contributed by atoms with Crippen LogP contribution in [0.2, 0.25) is 0 Å². The van der Waals surface area contributed by atoms with Crippen LogP contribution in [0.1, 0.15) is 11.1 Å². The Morgan fingerprint density at radius 2 is 1.53 bits per heavy atom. The van der Waals surface area contributed by atoms with E-state index < -0.39 is 0 Å². The number of hydrogen-bond donors (Lipinski definition) is 0. The van der Waals surface area contributed by atoms with E-state index in [4.69, 9.17) is 29.9 Å². The van der Waals surface area contributed by atoms with Gasteiger partial charge in [0.15, 0.2) is 11.5 Å². The molecule has 0 amide bonds. The zero-order valence-electron chi connectivity index (χ0n) is 10.4. The van der Waals surface area contributed by atoms with Crippen LogP contribution in [0.25, 0.3) is 0 Å². The number of ether oxygens (including phenoxy) is 3. The Morgan fingerprint density at radius 1 is 0.941 bits per heavy atom. The maximum atomic E-state index is 5.66. The van der Waals surface area contributed by atoms with Crippen LogP contribution in [0.5, 0.6) is 11.5 Å². The van der Waals surface area contributed by atoms with Crippen molar-refractivity contribution >= 4 is 15.7 Å². The molecule has 0 saturated carbocycles. The molecular formula is C12H16B2O3. The van der Waals surface area contributed by atoms with Gasteiger partial charge in [0.25, 0.3) is 0 Å². The summed E-state index contributed by atoms with van der Waals surface area (Å²) in [6.45, 7) is 0.999. The van der Waals surface area contributed by atoms with Crippen molar-refractivity contribution in [1.29, 1.82) is 0 Å². The smallest absolute Gasteiger partial charge is 0.161 e. The van der Waals surface area contributed by atoms with Gasteiger partial charge in [0.1, 0.15) is 6.61 Å². The minimum Gasteiger partial charge on any atom is -0.493 e. The maximum absolute atomic E-state index is 5.66. The monoisotopic (exact) mass is 230 g/mol. The Hall–Kier alpha value is -1.09. The van der Waals surface area contributed by atoms with Gasteiger partial charge in [0.2, 0.25) is 0 Å². The van der Waals surface area contributed by atoms with Gasteiger partial charge in [-0.3, -0.25) is 0 Å². The molecule has 0 saturated heterocycles. The molecule has 88 valence electrons. The van der Waals surface area contributed by atoms with E-state index >= 15 is 0 Å². The quantitative estimate of drug-likeness (QED) is 0.517. The van der Waals surface area contributed by atoms with E-state index in [1.807, 2.05) is 12.1 Å². The highest BCUT2D eigenvalue weighted by atomic mass is 16.5. The fraction of sp³-hybridized carbons (Fsp3) is 0.500. The summed E-state index contributed by atoms with van der Waals surface area (Å²) in [5, 5.41) is 0. The first-order valence-corrected chi connectivity index (χ1v) is 5.48. The summed E-state index contributed by atoms with van der Waals surface area (Å²) in [4.78, 5) is 0. The molecule has 0 aliphatic carbocycles. The molecule has 0 bridgehead atoms. The minimum atomic E-state index is 0.428. The highest BCUT2D eigenvalue weighted by Gasteiger charge is 2.09. The predicted molar refractivity (Wildman–Crippen MR) is 69.3 cm³/mol. The van der Waals surface area contributed by atoms with Gasteiger partial charge in [-0.15, -0.1) is 0 Å². The van der Waals surface area contributed by atoms with E-state index in [0.717, 1.165) is 11.1 Å². The van der Waals surface area contributed by atoms with E-state index in [1.165, 1.54) is 0 Å². The Labute approximate surface area is 105 Å². The van der Waals surface area contributed by atoms with Crippen molar-refractivity contribution in [3.05, 3.63) is 23.3 Å². The van der Waals surface area contributed by atoms with Crippen LogP contribution >= 0.6 is 0 Å². The molecule has 17 heavy (non-hydrogen) atoms. The number of methoxy groups -OCH3 is 2. The van der Waals surface area contributed by atoms with E-state index in [1.54, 1.807) is 14.2 Å². The standard InChI is InChI=1S/C12H16B2O3/c1-15-3-4-17-12-6-10(8-14)9(7-13)5-11(12)16-2/h5-6H,3-4,7-8H2,1-2H3. The minimum absolute atomic E-state index is 0.428. The number of benzene rings is 1. The molecular weight excluding hydrogens is 214 g/mol. The summed E-state index contributed by atoms with van der Waals surface area (Å²) in [5.74, 6) is 1.33. The van der Waals surface area contributed by atoms with Crippen LogP contribution in [-0.2, 0) is 17.4 Å². The van der Waals surface area contributed by atoms with Crippen LogP contribution in [0.4, 0.5) is 0 Å². The summed E-state index contributed by atoms with van der Waals surface area (Å²) in [7, 11) is 14.5. The molecule has 0 aliphatic rings. The zero-order valence-corrected chi connectivity index (χ0v) is 10.4. The van der Waals surface area contributed by atoms with Gasteiger partial charge in [0.05, 0.1) is 29.4 Å². The van der Waals surface area contributed by atoms with Crippen molar-refractivity contribution in [1.82, 2.24) is 0 Å². The second-order valence-electron chi connectivity index (χ2n) is 3.52. The van der Waals surface area contributed by atoms with Crippen molar-refractivity contribution in [2.24, 2.45) is 0 Å². The third-order valence-corrected chi connectivity index (χ3v) is 2.47. The Balaban J connectivity index is 2.93. The normalized spacial score (nSPS) is 10.2. The fourth-order valence-electron chi connectivity index (χ4n) is 1.53. The van der Waals surface area contributed by atoms with Gasteiger partial charge < -0.3 is 14.2 Å². The third-order valence-electron chi connectivity index (χ3n) is 2.47. The molecule has 0 heterocycles. The molecule has 0 N–H and O–H groups in total. The van der Waals surface area contributed by atoms with Gasteiger partial charge in [-0.25, -0.2) is 0 Å².